The van der Waals surface area contributed by atoms with Crippen LogP contribution in [0.5, 0.6) is 0 Å². The van der Waals surface area contributed by atoms with Crippen molar-refractivity contribution in [3.63, 3.8) is 0 Å². The number of nitrogens with zero attached hydrogens (tertiary/aromatic N) is 2. The van der Waals surface area contributed by atoms with Gasteiger partial charge in [-0.1, -0.05) is 48.5 Å². The Kier molecular flexibility index (Phi) is 5.14. The highest BCUT2D eigenvalue weighted by Crippen LogP contribution is 2.08. The number of rotatable bonds is 6. The Balaban J connectivity index is 1.52. The van der Waals surface area contributed by atoms with Gasteiger partial charge in [0.1, 0.15) is 0 Å². The molecule has 0 saturated heterocycles. The first-order valence-corrected chi connectivity index (χ1v) is 7.77. The van der Waals surface area contributed by atoms with Gasteiger partial charge in [0.05, 0.1) is 5.56 Å². The predicted octanol–water partition coefficient (Wildman–Crippen LogP) is 3.38. The van der Waals surface area contributed by atoms with Gasteiger partial charge in [0.2, 0.25) is 5.95 Å². The molecule has 24 heavy (non-hydrogen) atoms. The molecule has 0 aliphatic heterocycles. The lowest BCUT2D eigenvalue weighted by Crippen LogP contribution is -2.14. The van der Waals surface area contributed by atoms with Crippen molar-refractivity contribution in [1.82, 2.24) is 9.97 Å². The maximum Gasteiger partial charge on any atom is 0.258 e. The Bertz CT molecular complexity index is 773. The lowest BCUT2D eigenvalue weighted by atomic mass is 10.1. The summed E-state index contributed by atoms with van der Waals surface area (Å²) in [6, 6.07) is 19.5. The Labute approximate surface area is 140 Å². The van der Waals surface area contributed by atoms with E-state index in [9.17, 15) is 4.79 Å². The van der Waals surface area contributed by atoms with Crippen LogP contribution in [0.1, 0.15) is 15.9 Å². The Morgan fingerprint density at radius 1 is 0.875 bits per heavy atom. The van der Waals surface area contributed by atoms with Gasteiger partial charge in [0, 0.05) is 24.6 Å². The molecule has 0 spiro atoms. The molecule has 3 rings (SSSR count). The largest absolute Gasteiger partial charge is 0.354 e. The molecule has 0 unspecified atom stereocenters. The average Bonchev–Trinajstić information content (AvgIpc) is 2.64. The molecule has 0 atom stereocenters. The highest BCUT2D eigenvalue weighted by Gasteiger charge is 2.07. The van der Waals surface area contributed by atoms with Crippen molar-refractivity contribution in [1.29, 1.82) is 0 Å². The van der Waals surface area contributed by atoms with E-state index in [0.717, 1.165) is 18.7 Å². The van der Waals surface area contributed by atoms with Crippen LogP contribution in [0.3, 0.4) is 0 Å². The molecule has 1 aromatic heterocycles. The summed E-state index contributed by atoms with van der Waals surface area (Å²) in [5.74, 6) is 0.291. The van der Waals surface area contributed by atoms with Crippen molar-refractivity contribution < 1.29 is 4.79 Å². The number of amides is 1. The number of aromatic nitrogens is 2. The van der Waals surface area contributed by atoms with Gasteiger partial charge < -0.3 is 10.6 Å². The van der Waals surface area contributed by atoms with Gasteiger partial charge in [0.25, 0.3) is 5.91 Å². The highest BCUT2D eigenvalue weighted by atomic mass is 16.1. The molecule has 3 aromatic rings. The van der Waals surface area contributed by atoms with Crippen molar-refractivity contribution in [2.24, 2.45) is 0 Å². The van der Waals surface area contributed by atoms with Crippen LogP contribution < -0.4 is 10.6 Å². The SMILES string of the molecule is O=C(Nc1ccccc1)c1cnc(NCCc2ccccc2)nc1. The van der Waals surface area contributed by atoms with Crippen LogP contribution in [0, 0.1) is 0 Å². The minimum Gasteiger partial charge on any atom is -0.354 e. The first kappa shape index (κ1) is 15.7. The summed E-state index contributed by atoms with van der Waals surface area (Å²) in [7, 11) is 0. The molecule has 0 aliphatic rings. The van der Waals surface area contributed by atoms with Gasteiger partial charge in [-0.25, -0.2) is 9.97 Å². The van der Waals surface area contributed by atoms with Gasteiger partial charge >= 0.3 is 0 Å². The lowest BCUT2D eigenvalue weighted by molar-refractivity contribution is 0.102. The Morgan fingerprint density at radius 3 is 2.17 bits per heavy atom. The number of benzene rings is 2. The molecule has 0 saturated carbocycles. The van der Waals surface area contributed by atoms with E-state index < -0.39 is 0 Å². The van der Waals surface area contributed by atoms with Crippen molar-refractivity contribution in [3.8, 4) is 0 Å². The van der Waals surface area contributed by atoms with E-state index in [4.69, 9.17) is 0 Å². The molecular weight excluding hydrogens is 300 g/mol. The molecule has 1 heterocycles. The zero-order valence-corrected chi connectivity index (χ0v) is 13.1. The van der Waals surface area contributed by atoms with Gasteiger partial charge in [-0.2, -0.15) is 0 Å². The molecule has 0 aliphatic carbocycles. The quantitative estimate of drug-likeness (QED) is 0.731. The second-order valence-electron chi connectivity index (χ2n) is 5.28. The van der Waals surface area contributed by atoms with Crippen LogP contribution in [0.4, 0.5) is 11.6 Å². The van der Waals surface area contributed by atoms with Crippen molar-refractivity contribution >= 4 is 17.5 Å². The Hall–Kier alpha value is -3.21. The molecule has 2 aromatic carbocycles. The van der Waals surface area contributed by atoms with Gasteiger partial charge in [-0.3, -0.25) is 4.79 Å². The highest BCUT2D eigenvalue weighted by molar-refractivity contribution is 6.03. The normalized spacial score (nSPS) is 10.2. The first-order chi connectivity index (χ1) is 11.8. The van der Waals surface area contributed by atoms with E-state index >= 15 is 0 Å². The van der Waals surface area contributed by atoms with E-state index in [1.807, 2.05) is 48.5 Å². The summed E-state index contributed by atoms with van der Waals surface area (Å²) >= 11 is 0. The van der Waals surface area contributed by atoms with E-state index in [0.29, 0.717) is 11.5 Å². The molecular formula is C19H18N4O. The number of anilines is 2. The number of hydrogen-bond donors (Lipinski definition) is 2. The fraction of sp³-hybridized carbons (Fsp3) is 0.105. The van der Waals surface area contributed by atoms with E-state index in [1.54, 1.807) is 0 Å². The molecule has 0 bridgehead atoms. The zero-order valence-electron chi connectivity index (χ0n) is 13.1. The van der Waals surface area contributed by atoms with Gasteiger partial charge in [-0.05, 0) is 24.1 Å². The summed E-state index contributed by atoms with van der Waals surface area (Å²) in [4.78, 5) is 20.5. The zero-order chi connectivity index (χ0) is 16.6. The minimum atomic E-state index is -0.225. The maximum atomic E-state index is 12.1. The smallest absolute Gasteiger partial charge is 0.258 e. The minimum absolute atomic E-state index is 0.225. The summed E-state index contributed by atoms with van der Waals surface area (Å²) in [5.41, 5.74) is 2.42. The fourth-order valence-corrected chi connectivity index (χ4v) is 2.22. The van der Waals surface area contributed by atoms with Crippen molar-refractivity contribution in [3.05, 3.63) is 84.2 Å². The third-order valence-electron chi connectivity index (χ3n) is 3.49. The van der Waals surface area contributed by atoms with E-state index in [2.05, 4.69) is 32.7 Å². The van der Waals surface area contributed by atoms with E-state index in [1.165, 1.54) is 18.0 Å². The van der Waals surface area contributed by atoms with Crippen LogP contribution >= 0.6 is 0 Å². The first-order valence-electron chi connectivity index (χ1n) is 7.77. The third-order valence-corrected chi connectivity index (χ3v) is 3.49. The molecule has 1 amide bonds. The average molecular weight is 318 g/mol. The second kappa shape index (κ2) is 7.87. The molecule has 120 valence electrons. The van der Waals surface area contributed by atoms with Crippen LogP contribution in [0.15, 0.2) is 73.1 Å². The number of nitrogens with one attached hydrogen (secondary N) is 2. The van der Waals surface area contributed by atoms with Gasteiger partial charge in [0.15, 0.2) is 0 Å². The van der Waals surface area contributed by atoms with Crippen LogP contribution in [-0.2, 0) is 6.42 Å². The number of para-hydroxylation sites is 1. The van der Waals surface area contributed by atoms with Crippen LogP contribution in [0.25, 0.3) is 0 Å². The molecule has 5 nitrogen and oxygen atoms in total. The number of hydrogen-bond acceptors (Lipinski definition) is 4. The number of carbonyl (C=O) groups is 1. The third kappa shape index (κ3) is 4.39. The summed E-state index contributed by atoms with van der Waals surface area (Å²) < 4.78 is 0. The molecule has 2 N–H and O–H groups in total. The molecule has 0 radical (unpaired) electrons. The van der Waals surface area contributed by atoms with Gasteiger partial charge in [-0.15, -0.1) is 0 Å². The maximum absolute atomic E-state index is 12.1. The second-order valence-corrected chi connectivity index (χ2v) is 5.28. The lowest BCUT2D eigenvalue weighted by Gasteiger charge is -2.07. The Morgan fingerprint density at radius 2 is 1.50 bits per heavy atom. The van der Waals surface area contributed by atoms with Crippen molar-refractivity contribution in [2.45, 2.75) is 6.42 Å². The van der Waals surface area contributed by atoms with Crippen molar-refractivity contribution in [2.75, 3.05) is 17.2 Å². The monoisotopic (exact) mass is 318 g/mol. The molecule has 0 fully saturated rings. The number of carbonyl (C=O) groups excluding carboxylic acids is 1. The summed E-state index contributed by atoms with van der Waals surface area (Å²) in [6.45, 7) is 0.736. The van der Waals surface area contributed by atoms with Crippen LogP contribution in [-0.4, -0.2) is 22.4 Å². The summed E-state index contributed by atoms with van der Waals surface area (Å²) in [6.07, 6.45) is 3.94. The molecule has 5 heteroatoms. The summed E-state index contributed by atoms with van der Waals surface area (Å²) in [5, 5.41) is 5.96. The topological polar surface area (TPSA) is 66.9 Å². The standard InChI is InChI=1S/C19H18N4O/c24-18(23-17-9-5-2-6-10-17)16-13-21-19(22-14-16)20-12-11-15-7-3-1-4-8-15/h1-10,13-14H,11-12H2,(H,23,24)(H,20,21,22). The fourth-order valence-electron chi connectivity index (χ4n) is 2.22. The van der Waals surface area contributed by atoms with E-state index in [-0.39, 0.29) is 5.91 Å². The predicted molar refractivity (Wildman–Crippen MR) is 95.1 cm³/mol. The van der Waals surface area contributed by atoms with Crippen LogP contribution in [0.2, 0.25) is 0 Å².